The maximum Gasteiger partial charge on any atom is 0.248 e. The maximum atomic E-state index is 11.0. The molecular formula is C11H11N3O2. The molecule has 1 aromatic heterocycles. The zero-order valence-corrected chi connectivity index (χ0v) is 8.80. The molecule has 0 saturated carbocycles. The van der Waals surface area contributed by atoms with Crippen molar-refractivity contribution < 1.29 is 9.53 Å². The van der Waals surface area contributed by atoms with E-state index in [1.54, 1.807) is 31.5 Å². The summed E-state index contributed by atoms with van der Waals surface area (Å²) in [5.41, 5.74) is 7.73. The van der Waals surface area contributed by atoms with Crippen LogP contribution < -0.4 is 5.73 Å². The quantitative estimate of drug-likeness (QED) is 0.827. The van der Waals surface area contributed by atoms with E-state index in [0.29, 0.717) is 17.7 Å². The Balaban J connectivity index is 2.48. The number of hydrogen-bond donors (Lipinski definition) is 1. The van der Waals surface area contributed by atoms with Gasteiger partial charge in [-0.15, -0.1) is 0 Å². The summed E-state index contributed by atoms with van der Waals surface area (Å²) in [4.78, 5) is 19.5. The van der Waals surface area contributed by atoms with Crippen molar-refractivity contribution in [3.63, 3.8) is 0 Å². The van der Waals surface area contributed by atoms with Crippen molar-refractivity contribution in [2.24, 2.45) is 5.73 Å². The molecule has 1 amide bonds. The molecule has 1 heterocycles. The molecule has 2 N–H and O–H groups in total. The molecule has 0 saturated heterocycles. The lowest BCUT2D eigenvalue weighted by atomic mass is 10.2. The SMILES string of the molecule is COCc1cnc2cc(C(N)=O)ccc2n1. The Morgan fingerprint density at radius 3 is 2.94 bits per heavy atom. The second kappa shape index (κ2) is 4.24. The molecule has 0 aliphatic carbocycles. The molecule has 0 atom stereocenters. The normalized spacial score (nSPS) is 10.6. The summed E-state index contributed by atoms with van der Waals surface area (Å²) in [6.45, 7) is 0.417. The molecule has 0 bridgehead atoms. The Kier molecular flexibility index (Phi) is 2.78. The van der Waals surface area contributed by atoms with Crippen molar-refractivity contribution in [3.8, 4) is 0 Å². The third-order valence-electron chi connectivity index (χ3n) is 2.17. The van der Waals surface area contributed by atoms with E-state index in [9.17, 15) is 4.79 Å². The molecule has 0 spiro atoms. The maximum absolute atomic E-state index is 11.0. The van der Waals surface area contributed by atoms with Gasteiger partial charge in [0.1, 0.15) is 0 Å². The Morgan fingerprint density at radius 1 is 1.44 bits per heavy atom. The molecule has 82 valence electrons. The highest BCUT2D eigenvalue weighted by Gasteiger charge is 2.04. The van der Waals surface area contributed by atoms with Crippen LogP contribution in [0.4, 0.5) is 0 Å². The third kappa shape index (κ3) is 1.99. The molecule has 5 heteroatoms. The average molecular weight is 217 g/mol. The zero-order valence-electron chi connectivity index (χ0n) is 8.80. The number of primary amides is 1. The monoisotopic (exact) mass is 217 g/mol. The van der Waals surface area contributed by atoms with Crippen LogP contribution >= 0.6 is 0 Å². The number of rotatable bonds is 3. The fraction of sp³-hybridized carbons (Fsp3) is 0.182. The topological polar surface area (TPSA) is 78.1 Å². The second-order valence-corrected chi connectivity index (χ2v) is 3.36. The van der Waals surface area contributed by atoms with E-state index in [-0.39, 0.29) is 0 Å². The first-order valence-electron chi connectivity index (χ1n) is 4.75. The van der Waals surface area contributed by atoms with Crippen LogP contribution in [0.1, 0.15) is 16.1 Å². The summed E-state index contributed by atoms with van der Waals surface area (Å²) in [6.07, 6.45) is 1.62. The van der Waals surface area contributed by atoms with Crippen LogP contribution in [0.2, 0.25) is 0 Å². The molecule has 16 heavy (non-hydrogen) atoms. The summed E-state index contributed by atoms with van der Waals surface area (Å²) in [6, 6.07) is 4.98. The summed E-state index contributed by atoms with van der Waals surface area (Å²) in [5, 5.41) is 0. The number of aromatic nitrogens is 2. The van der Waals surface area contributed by atoms with Crippen molar-refractivity contribution in [1.82, 2.24) is 9.97 Å². The molecule has 0 radical (unpaired) electrons. The van der Waals surface area contributed by atoms with Crippen LogP contribution in [0.15, 0.2) is 24.4 Å². The first kappa shape index (κ1) is 10.5. The van der Waals surface area contributed by atoms with Crippen molar-refractivity contribution in [2.45, 2.75) is 6.61 Å². The number of benzene rings is 1. The highest BCUT2D eigenvalue weighted by atomic mass is 16.5. The summed E-state index contributed by atoms with van der Waals surface area (Å²) in [7, 11) is 1.60. The van der Waals surface area contributed by atoms with E-state index >= 15 is 0 Å². The van der Waals surface area contributed by atoms with Gasteiger partial charge in [-0.1, -0.05) is 0 Å². The van der Waals surface area contributed by atoms with E-state index in [1.807, 2.05) is 0 Å². The molecule has 2 aromatic rings. The number of nitrogens with zero attached hydrogens (tertiary/aromatic N) is 2. The van der Waals surface area contributed by atoms with Gasteiger partial charge in [-0.2, -0.15) is 0 Å². The van der Waals surface area contributed by atoms with E-state index in [2.05, 4.69) is 9.97 Å². The van der Waals surface area contributed by atoms with Gasteiger partial charge in [0, 0.05) is 12.7 Å². The minimum absolute atomic E-state index is 0.417. The van der Waals surface area contributed by atoms with Gasteiger partial charge in [0.15, 0.2) is 0 Å². The molecule has 2 rings (SSSR count). The number of carbonyl (C=O) groups is 1. The van der Waals surface area contributed by atoms with Crippen LogP contribution in [-0.4, -0.2) is 23.0 Å². The largest absolute Gasteiger partial charge is 0.378 e. The van der Waals surface area contributed by atoms with Gasteiger partial charge >= 0.3 is 0 Å². The molecule has 1 aromatic carbocycles. The fourth-order valence-electron chi connectivity index (χ4n) is 1.42. The second-order valence-electron chi connectivity index (χ2n) is 3.36. The first-order chi connectivity index (χ1) is 7.70. The lowest BCUT2D eigenvalue weighted by molar-refractivity contribution is 0.100. The van der Waals surface area contributed by atoms with E-state index in [4.69, 9.17) is 10.5 Å². The molecule has 0 aliphatic rings. The number of nitrogens with two attached hydrogens (primary N) is 1. The Morgan fingerprint density at radius 2 is 2.25 bits per heavy atom. The molecule has 0 fully saturated rings. The molecule has 0 aliphatic heterocycles. The number of carbonyl (C=O) groups excluding carboxylic acids is 1. The Hall–Kier alpha value is -2.01. The smallest absolute Gasteiger partial charge is 0.248 e. The van der Waals surface area contributed by atoms with Gasteiger partial charge in [0.25, 0.3) is 0 Å². The van der Waals surface area contributed by atoms with Crippen molar-refractivity contribution in [3.05, 3.63) is 35.7 Å². The zero-order chi connectivity index (χ0) is 11.5. The molecule has 5 nitrogen and oxygen atoms in total. The van der Waals surface area contributed by atoms with Gasteiger partial charge in [-0.05, 0) is 18.2 Å². The van der Waals surface area contributed by atoms with Crippen molar-refractivity contribution in [1.29, 1.82) is 0 Å². The predicted octanol–water partition coefficient (Wildman–Crippen LogP) is 0.875. The number of fused-ring (bicyclic) bond motifs is 1. The minimum Gasteiger partial charge on any atom is -0.378 e. The molecular weight excluding hydrogens is 206 g/mol. The van der Waals surface area contributed by atoms with E-state index < -0.39 is 5.91 Å². The van der Waals surface area contributed by atoms with Gasteiger partial charge in [-0.3, -0.25) is 9.78 Å². The van der Waals surface area contributed by atoms with Crippen LogP contribution in [-0.2, 0) is 11.3 Å². The lowest BCUT2D eigenvalue weighted by Crippen LogP contribution is -2.10. The van der Waals surface area contributed by atoms with Gasteiger partial charge < -0.3 is 10.5 Å². The number of ether oxygens (including phenoxy) is 1. The number of hydrogen-bond acceptors (Lipinski definition) is 4. The minimum atomic E-state index is -0.468. The van der Waals surface area contributed by atoms with Crippen molar-refractivity contribution >= 4 is 16.9 Å². The van der Waals surface area contributed by atoms with Crippen LogP contribution in [0.3, 0.4) is 0 Å². The highest BCUT2D eigenvalue weighted by Crippen LogP contribution is 2.12. The van der Waals surface area contributed by atoms with Crippen LogP contribution in [0.5, 0.6) is 0 Å². The number of methoxy groups -OCH3 is 1. The Labute approximate surface area is 92.3 Å². The van der Waals surface area contributed by atoms with Crippen LogP contribution in [0.25, 0.3) is 11.0 Å². The summed E-state index contributed by atoms with van der Waals surface area (Å²) in [5.74, 6) is -0.468. The lowest BCUT2D eigenvalue weighted by Gasteiger charge is -2.02. The van der Waals surface area contributed by atoms with E-state index in [1.165, 1.54) is 0 Å². The predicted molar refractivity (Wildman–Crippen MR) is 58.8 cm³/mol. The summed E-state index contributed by atoms with van der Waals surface area (Å²) >= 11 is 0. The van der Waals surface area contributed by atoms with Crippen molar-refractivity contribution in [2.75, 3.05) is 7.11 Å². The third-order valence-corrected chi connectivity index (χ3v) is 2.17. The fourth-order valence-corrected chi connectivity index (χ4v) is 1.42. The standard InChI is InChI=1S/C11H11N3O2/c1-16-6-8-5-13-10-4-7(11(12)15)2-3-9(10)14-8/h2-5H,6H2,1H3,(H2,12,15). The Bertz CT molecular complexity index is 540. The number of amides is 1. The van der Waals surface area contributed by atoms with Gasteiger partial charge in [0.2, 0.25) is 5.91 Å². The van der Waals surface area contributed by atoms with E-state index in [0.717, 1.165) is 11.2 Å². The highest BCUT2D eigenvalue weighted by molar-refractivity contribution is 5.96. The van der Waals surface area contributed by atoms with Gasteiger partial charge in [-0.25, -0.2) is 4.98 Å². The molecule has 0 unspecified atom stereocenters. The first-order valence-corrected chi connectivity index (χ1v) is 4.75. The average Bonchev–Trinajstić information content (AvgIpc) is 2.28. The van der Waals surface area contributed by atoms with Gasteiger partial charge in [0.05, 0.1) is 29.5 Å². The summed E-state index contributed by atoms with van der Waals surface area (Å²) < 4.78 is 4.96. The van der Waals surface area contributed by atoms with Crippen LogP contribution in [0, 0.1) is 0 Å².